The van der Waals surface area contributed by atoms with Crippen LogP contribution in [0, 0.1) is 0 Å². The molecular formula is C29H35F2N7O3. The number of guanidine groups is 1. The van der Waals surface area contributed by atoms with Crippen LogP contribution in [0.3, 0.4) is 0 Å². The number of para-hydroxylation sites is 2. The lowest BCUT2D eigenvalue weighted by Crippen LogP contribution is -2.40. The van der Waals surface area contributed by atoms with Gasteiger partial charge in [-0.25, -0.2) is 23.7 Å². The molecule has 0 radical (unpaired) electrons. The molecule has 10 nitrogen and oxygen atoms in total. The molecule has 3 aromatic rings. The Morgan fingerprint density at radius 2 is 1.63 bits per heavy atom. The van der Waals surface area contributed by atoms with Crippen LogP contribution in [0.4, 0.5) is 8.78 Å². The highest BCUT2D eigenvalue weighted by molar-refractivity contribution is 6.01. The molecule has 2 fully saturated rings. The third-order valence-corrected chi connectivity index (χ3v) is 7.00. The fraction of sp³-hybridized carbons (Fsp3) is 0.448. The maximum atomic E-state index is 14.1. The van der Waals surface area contributed by atoms with E-state index in [0.29, 0.717) is 49.7 Å². The van der Waals surface area contributed by atoms with Crippen LogP contribution >= 0.6 is 0 Å². The van der Waals surface area contributed by atoms with E-state index >= 15 is 0 Å². The predicted molar refractivity (Wildman–Crippen MR) is 155 cm³/mol. The van der Waals surface area contributed by atoms with Gasteiger partial charge in [0.1, 0.15) is 18.1 Å². The number of imidazole rings is 1. The molecule has 0 atom stereocenters. The van der Waals surface area contributed by atoms with Crippen LogP contribution in [-0.2, 0) is 4.74 Å². The van der Waals surface area contributed by atoms with Crippen LogP contribution in [0.5, 0.6) is 11.5 Å². The first-order valence-corrected chi connectivity index (χ1v) is 13.9. The third-order valence-electron chi connectivity index (χ3n) is 7.00. The summed E-state index contributed by atoms with van der Waals surface area (Å²) < 4.78 is 46.6. The minimum Gasteiger partial charge on any atom is -0.492 e. The molecule has 3 heterocycles. The molecule has 1 aromatic heterocycles. The molecule has 218 valence electrons. The van der Waals surface area contributed by atoms with Crippen molar-refractivity contribution in [3.05, 3.63) is 54.4 Å². The molecule has 0 aliphatic carbocycles. The standard InChI is InChI=1S/C29H35F2N7O3/c1-32-28(37-16-18-39-19-17-37)35-29(38-25-8-4-3-7-24(25)34-27(38)26(30)31)33-21-41-23-11-9-22(10-12-23)40-20-15-36-13-5-2-6-14-36/h3-4,7-12,26H,1-2,5-6,13-21H2/b33-29+,35-28+. The summed E-state index contributed by atoms with van der Waals surface area (Å²) in [7, 11) is 0. The topological polar surface area (TPSA) is 89.1 Å². The number of piperidine rings is 1. The first kappa shape index (κ1) is 28.6. The van der Waals surface area contributed by atoms with Crippen molar-refractivity contribution >= 4 is 29.7 Å². The Bertz CT molecular complexity index is 1350. The Labute approximate surface area is 238 Å². The molecule has 0 spiro atoms. The van der Waals surface area contributed by atoms with Gasteiger partial charge in [0.25, 0.3) is 6.43 Å². The van der Waals surface area contributed by atoms with Gasteiger partial charge in [-0.1, -0.05) is 18.6 Å². The van der Waals surface area contributed by atoms with E-state index in [0.717, 1.165) is 25.4 Å². The lowest BCUT2D eigenvalue weighted by atomic mass is 10.1. The zero-order valence-corrected chi connectivity index (χ0v) is 23.0. The fourth-order valence-corrected chi connectivity index (χ4v) is 4.89. The lowest BCUT2D eigenvalue weighted by Gasteiger charge is -2.27. The second-order valence-corrected chi connectivity index (χ2v) is 9.72. The minimum atomic E-state index is -2.85. The number of ether oxygens (including phenoxy) is 3. The third kappa shape index (κ3) is 7.44. The molecule has 12 heteroatoms. The van der Waals surface area contributed by atoms with E-state index in [2.05, 4.69) is 31.6 Å². The van der Waals surface area contributed by atoms with Gasteiger partial charge < -0.3 is 19.1 Å². The van der Waals surface area contributed by atoms with Gasteiger partial charge in [-0.3, -0.25) is 9.47 Å². The highest BCUT2D eigenvalue weighted by atomic mass is 19.3. The van der Waals surface area contributed by atoms with E-state index in [1.54, 1.807) is 36.4 Å². The van der Waals surface area contributed by atoms with Gasteiger partial charge in [-0.2, -0.15) is 4.99 Å². The molecule has 0 saturated carbocycles. The summed E-state index contributed by atoms with van der Waals surface area (Å²) in [6.45, 7) is 9.35. The summed E-state index contributed by atoms with van der Waals surface area (Å²) in [5, 5.41) is 0. The first-order valence-electron chi connectivity index (χ1n) is 13.9. The number of aromatic nitrogens is 2. The molecule has 2 saturated heterocycles. The van der Waals surface area contributed by atoms with Crippen molar-refractivity contribution < 1.29 is 23.0 Å². The van der Waals surface area contributed by atoms with Crippen LogP contribution < -0.4 is 9.47 Å². The van der Waals surface area contributed by atoms with Crippen molar-refractivity contribution in [2.24, 2.45) is 15.0 Å². The van der Waals surface area contributed by atoms with Gasteiger partial charge in [0, 0.05) is 19.6 Å². The van der Waals surface area contributed by atoms with Crippen molar-refractivity contribution in [1.29, 1.82) is 0 Å². The number of aliphatic imine (C=N–C) groups is 3. The summed E-state index contributed by atoms with van der Waals surface area (Å²) in [5.41, 5.74) is 0.851. The molecule has 2 aromatic carbocycles. The Morgan fingerprint density at radius 1 is 0.927 bits per heavy atom. The molecule has 0 N–H and O–H groups in total. The normalized spacial score (nSPS) is 17.3. The van der Waals surface area contributed by atoms with Crippen LogP contribution in [0.2, 0.25) is 0 Å². The minimum absolute atomic E-state index is 0.0273. The molecule has 5 rings (SSSR count). The van der Waals surface area contributed by atoms with Gasteiger partial charge in [0.05, 0.1) is 24.2 Å². The maximum Gasteiger partial charge on any atom is 0.296 e. The predicted octanol–water partition coefficient (Wildman–Crippen LogP) is 4.47. The Morgan fingerprint density at radius 3 is 2.34 bits per heavy atom. The number of halogens is 2. The van der Waals surface area contributed by atoms with Crippen molar-refractivity contribution in [3.8, 4) is 11.5 Å². The summed E-state index contributed by atoms with van der Waals surface area (Å²) in [4.78, 5) is 21.5. The second-order valence-electron chi connectivity index (χ2n) is 9.72. The molecule has 0 unspecified atom stereocenters. The average molecular weight is 568 g/mol. The molecule has 2 aliphatic heterocycles. The average Bonchev–Trinajstić information content (AvgIpc) is 3.41. The fourth-order valence-electron chi connectivity index (χ4n) is 4.89. The SMILES string of the molecule is C=N/C(=N\C(=N/COc1ccc(OCCN2CCCCC2)cc1)n1c(C(F)F)nc2ccccc21)N1CCOCC1. The number of hydrogen-bond acceptors (Lipinski definition) is 6. The lowest BCUT2D eigenvalue weighted by molar-refractivity contribution is 0.0676. The zero-order chi connectivity index (χ0) is 28.4. The molecule has 0 amide bonds. The van der Waals surface area contributed by atoms with E-state index in [9.17, 15) is 8.78 Å². The van der Waals surface area contributed by atoms with Crippen LogP contribution in [0.25, 0.3) is 11.0 Å². The molecule has 0 bridgehead atoms. The van der Waals surface area contributed by atoms with Gasteiger partial charge in [0.15, 0.2) is 12.6 Å². The molecule has 41 heavy (non-hydrogen) atoms. The van der Waals surface area contributed by atoms with E-state index in [1.165, 1.54) is 23.8 Å². The van der Waals surface area contributed by atoms with Crippen molar-refractivity contribution in [2.75, 3.05) is 59.3 Å². The van der Waals surface area contributed by atoms with Gasteiger partial charge in [-0.15, -0.1) is 0 Å². The highest BCUT2D eigenvalue weighted by Crippen LogP contribution is 2.25. The summed E-state index contributed by atoms with van der Waals surface area (Å²) in [6, 6.07) is 14.1. The molecule has 2 aliphatic rings. The van der Waals surface area contributed by atoms with E-state index < -0.39 is 12.2 Å². The summed E-state index contributed by atoms with van der Waals surface area (Å²) in [6.07, 6.45) is 0.958. The Kier molecular flexibility index (Phi) is 9.87. The van der Waals surface area contributed by atoms with Crippen LogP contribution in [0.15, 0.2) is 63.5 Å². The first-order chi connectivity index (χ1) is 20.1. The number of alkyl halides is 2. The van der Waals surface area contributed by atoms with E-state index in [-0.39, 0.29) is 18.6 Å². The quantitative estimate of drug-likeness (QED) is 0.295. The second kappa shape index (κ2) is 14.1. The van der Waals surface area contributed by atoms with Crippen molar-refractivity contribution in [2.45, 2.75) is 25.7 Å². The number of fused-ring (bicyclic) bond motifs is 1. The van der Waals surface area contributed by atoms with Crippen molar-refractivity contribution in [1.82, 2.24) is 19.4 Å². The monoisotopic (exact) mass is 567 g/mol. The number of nitrogens with zero attached hydrogens (tertiary/aromatic N) is 7. The molecular weight excluding hydrogens is 532 g/mol. The van der Waals surface area contributed by atoms with Gasteiger partial charge in [-0.05, 0) is 69.0 Å². The number of benzene rings is 2. The zero-order valence-electron chi connectivity index (χ0n) is 23.0. The largest absolute Gasteiger partial charge is 0.492 e. The Balaban J connectivity index is 1.33. The van der Waals surface area contributed by atoms with Gasteiger partial charge >= 0.3 is 0 Å². The number of rotatable bonds is 8. The van der Waals surface area contributed by atoms with E-state index in [1.807, 2.05) is 17.0 Å². The van der Waals surface area contributed by atoms with Gasteiger partial charge in [0.2, 0.25) is 11.9 Å². The number of likely N-dealkylation sites (tertiary alicyclic amines) is 1. The highest BCUT2D eigenvalue weighted by Gasteiger charge is 2.24. The van der Waals surface area contributed by atoms with Crippen LogP contribution in [-0.4, -0.2) is 97.3 Å². The number of morpholine rings is 1. The van der Waals surface area contributed by atoms with Crippen LogP contribution in [0.1, 0.15) is 31.5 Å². The Hall–Kier alpha value is -3.90. The summed E-state index contributed by atoms with van der Waals surface area (Å²) in [5.74, 6) is 1.07. The number of hydrogen-bond donors (Lipinski definition) is 0. The summed E-state index contributed by atoms with van der Waals surface area (Å²) >= 11 is 0. The van der Waals surface area contributed by atoms with Crippen molar-refractivity contribution in [3.63, 3.8) is 0 Å². The maximum absolute atomic E-state index is 14.1. The van der Waals surface area contributed by atoms with E-state index in [4.69, 9.17) is 14.2 Å². The smallest absolute Gasteiger partial charge is 0.296 e.